The van der Waals surface area contributed by atoms with Crippen LogP contribution >= 0.6 is 0 Å². The molecule has 35 heavy (non-hydrogen) atoms. The molecule has 178 valence electrons. The molecule has 0 aliphatic rings. The molecule has 0 aliphatic carbocycles. The molecule has 4 rings (SSSR count). The largest absolute Gasteiger partial charge is 0.496 e. The average molecular weight is 474 g/mol. The van der Waals surface area contributed by atoms with Crippen molar-refractivity contribution in [3.8, 4) is 28.4 Å². The lowest BCUT2D eigenvalue weighted by molar-refractivity contribution is -0.384. The fourth-order valence-electron chi connectivity index (χ4n) is 3.55. The highest BCUT2D eigenvalue weighted by Gasteiger charge is 2.13. The molecule has 0 spiro atoms. The van der Waals surface area contributed by atoms with Gasteiger partial charge in [-0.2, -0.15) is 0 Å². The Bertz CT molecular complexity index is 1410. The summed E-state index contributed by atoms with van der Waals surface area (Å²) in [5.74, 6) is 2.10. The number of benzene rings is 2. The highest BCUT2D eigenvalue weighted by atomic mass is 16.6. The van der Waals surface area contributed by atoms with Crippen LogP contribution in [0.15, 0.2) is 75.6 Å². The summed E-state index contributed by atoms with van der Waals surface area (Å²) >= 11 is 0. The molecule has 0 aliphatic heterocycles. The summed E-state index contributed by atoms with van der Waals surface area (Å²) in [6, 6.07) is 16.5. The first-order valence-electron chi connectivity index (χ1n) is 10.6. The SMILES string of the molecule is COc1ccc(NC(=O)/C=C/c2ccc(-c3ccc([N+](=O)[O-])cc3C)o2)cc1-c1ccc(CO)o1. The minimum absolute atomic E-state index is 0.0113. The molecular weight excluding hydrogens is 452 g/mol. The highest BCUT2D eigenvalue weighted by Crippen LogP contribution is 2.34. The van der Waals surface area contributed by atoms with Crippen LogP contribution in [0.1, 0.15) is 17.1 Å². The van der Waals surface area contributed by atoms with Crippen molar-refractivity contribution in [3.05, 3.63) is 93.9 Å². The van der Waals surface area contributed by atoms with Crippen molar-refractivity contribution in [1.29, 1.82) is 0 Å². The van der Waals surface area contributed by atoms with Crippen LogP contribution in [0.2, 0.25) is 0 Å². The van der Waals surface area contributed by atoms with Crippen molar-refractivity contribution in [2.45, 2.75) is 13.5 Å². The summed E-state index contributed by atoms with van der Waals surface area (Å²) in [5.41, 5.74) is 2.60. The van der Waals surface area contributed by atoms with E-state index in [0.717, 1.165) is 5.56 Å². The van der Waals surface area contributed by atoms with Gasteiger partial charge in [-0.05, 0) is 67.1 Å². The number of nitrogens with one attached hydrogen (secondary N) is 1. The smallest absolute Gasteiger partial charge is 0.269 e. The Morgan fingerprint density at radius 3 is 2.51 bits per heavy atom. The number of ether oxygens (including phenoxy) is 1. The Hall–Kier alpha value is -4.63. The van der Waals surface area contributed by atoms with E-state index < -0.39 is 4.92 Å². The molecule has 0 fully saturated rings. The number of nitro groups is 1. The maximum Gasteiger partial charge on any atom is 0.269 e. The molecule has 2 aromatic carbocycles. The first-order valence-corrected chi connectivity index (χ1v) is 10.6. The van der Waals surface area contributed by atoms with Gasteiger partial charge in [0.2, 0.25) is 5.91 Å². The van der Waals surface area contributed by atoms with Crippen molar-refractivity contribution in [2.75, 3.05) is 12.4 Å². The molecule has 2 heterocycles. The molecule has 0 saturated heterocycles. The summed E-state index contributed by atoms with van der Waals surface area (Å²) in [7, 11) is 1.53. The van der Waals surface area contributed by atoms with Crippen LogP contribution in [0.3, 0.4) is 0 Å². The maximum atomic E-state index is 12.5. The number of amides is 1. The molecule has 0 unspecified atom stereocenters. The minimum atomic E-state index is -0.446. The van der Waals surface area contributed by atoms with Gasteiger partial charge in [0.05, 0.1) is 17.6 Å². The number of aliphatic hydroxyl groups excluding tert-OH is 1. The summed E-state index contributed by atoms with van der Waals surface area (Å²) < 4.78 is 16.8. The van der Waals surface area contributed by atoms with Gasteiger partial charge in [-0.25, -0.2) is 0 Å². The highest BCUT2D eigenvalue weighted by molar-refractivity contribution is 6.02. The number of hydrogen-bond donors (Lipinski definition) is 2. The van der Waals surface area contributed by atoms with Gasteiger partial charge in [-0.3, -0.25) is 14.9 Å². The Balaban J connectivity index is 1.47. The van der Waals surface area contributed by atoms with Crippen molar-refractivity contribution in [3.63, 3.8) is 0 Å². The minimum Gasteiger partial charge on any atom is -0.496 e. The number of furan rings is 2. The van der Waals surface area contributed by atoms with Crippen molar-refractivity contribution in [1.82, 2.24) is 0 Å². The number of non-ortho nitro benzene ring substituents is 1. The zero-order valence-electron chi connectivity index (χ0n) is 19.0. The quantitative estimate of drug-likeness (QED) is 0.194. The number of hydrogen-bond acceptors (Lipinski definition) is 7. The van der Waals surface area contributed by atoms with E-state index in [-0.39, 0.29) is 18.2 Å². The third kappa shape index (κ3) is 5.31. The van der Waals surface area contributed by atoms with Crippen LogP contribution in [0, 0.1) is 17.0 Å². The molecule has 2 N–H and O–H groups in total. The maximum absolute atomic E-state index is 12.5. The normalized spacial score (nSPS) is 11.1. The lowest BCUT2D eigenvalue weighted by Gasteiger charge is -2.09. The number of aryl methyl sites for hydroxylation is 1. The van der Waals surface area contributed by atoms with Gasteiger partial charge in [0.25, 0.3) is 5.69 Å². The van der Waals surface area contributed by atoms with E-state index in [1.807, 2.05) is 0 Å². The predicted octanol–water partition coefficient (Wildman–Crippen LogP) is 5.58. The number of methoxy groups -OCH3 is 1. The molecule has 0 radical (unpaired) electrons. The van der Waals surface area contributed by atoms with Gasteiger partial charge >= 0.3 is 0 Å². The molecule has 9 nitrogen and oxygen atoms in total. The summed E-state index contributed by atoms with van der Waals surface area (Å²) in [4.78, 5) is 23.0. The second-order valence-electron chi connectivity index (χ2n) is 7.62. The van der Waals surface area contributed by atoms with E-state index in [1.165, 1.54) is 31.4 Å². The lowest BCUT2D eigenvalue weighted by Crippen LogP contribution is -2.07. The van der Waals surface area contributed by atoms with Gasteiger partial charge in [0, 0.05) is 29.5 Å². The van der Waals surface area contributed by atoms with Gasteiger partial charge < -0.3 is 24.0 Å². The van der Waals surface area contributed by atoms with Gasteiger partial charge in [0.1, 0.15) is 35.4 Å². The van der Waals surface area contributed by atoms with Gasteiger partial charge in [-0.15, -0.1) is 0 Å². The zero-order valence-corrected chi connectivity index (χ0v) is 19.0. The topological polar surface area (TPSA) is 128 Å². The van der Waals surface area contributed by atoms with E-state index in [2.05, 4.69) is 5.32 Å². The van der Waals surface area contributed by atoms with E-state index in [4.69, 9.17) is 13.6 Å². The molecule has 0 saturated carbocycles. The number of nitrogens with zero attached hydrogens (tertiary/aromatic N) is 1. The van der Waals surface area contributed by atoms with Crippen molar-refractivity contribution in [2.24, 2.45) is 0 Å². The van der Waals surface area contributed by atoms with Crippen LogP contribution in [-0.4, -0.2) is 23.0 Å². The third-order valence-electron chi connectivity index (χ3n) is 5.26. The van der Waals surface area contributed by atoms with Crippen LogP contribution < -0.4 is 10.1 Å². The second-order valence-corrected chi connectivity index (χ2v) is 7.62. The molecule has 0 bridgehead atoms. The number of nitro benzene ring substituents is 1. The van der Waals surface area contributed by atoms with Gasteiger partial charge in [-0.1, -0.05) is 0 Å². The zero-order chi connectivity index (χ0) is 24.9. The summed E-state index contributed by atoms with van der Waals surface area (Å²) in [6.07, 6.45) is 2.87. The Morgan fingerprint density at radius 2 is 1.83 bits per heavy atom. The molecule has 2 aromatic heterocycles. The Labute approximate surface area is 200 Å². The van der Waals surface area contributed by atoms with Crippen LogP contribution in [-0.2, 0) is 11.4 Å². The van der Waals surface area contributed by atoms with E-state index >= 15 is 0 Å². The van der Waals surface area contributed by atoms with E-state index in [0.29, 0.717) is 45.6 Å². The standard InChI is InChI=1S/C26H22N2O7/c1-16-13-18(28(31)32)4-8-21(16)24-10-5-19(34-24)7-12-26(30)27-17-3-9-23(33-2)22(14-17)25-11-6-20(15-29)35-25/h3-14,29H,15H2,1-2H3,(H,27,30)/b12-7+. The monoisotopic (exact) mass is 474 g/mol. The molecular formula is C26H22N2O7. The number of aliphatic hydroxyl groups is 1. The average Bonchev–Trinajstić information content (AvgIpc) is 3.52. The Kier molecular flexibility index (Phi) is 6.79. The number of carbonyl (C=O) groups is 1. The second kappa shape index (κ2) is 10.1. The van der Waals surface area contributed by atoms with Crippen LogP contribution in [0.5, 0.6) is 5.75 Å². The van der Waals surface area contributed by atoms with Gasteiger partial charge in [0.15, 0.2) is 0 Å². The first kappa shape index (κ1) is 23.5. The van der Waals surface area contributed by atoms with E-state index in [1.54, 1.807) is 55.5 Å². The number of rotatable bonds is 8. The van der Waals surface area contributed by atoms with Crippen LogP contribution in [0.25, 0.3) is 28.7 Å². The number of carbonyl (C=O) groups excluding carboxylic acids is 1. The van der Waals surface area contributed by atoms with Crippen molar-refractivity contribution >= 4 is 23.4 Å². The summed E-state index contributed by atoms with van der Waals surface area (Å²) in [5, 5.41) is 23.0. The Morgan fingerprint density at radius 1 is 1.06 bits per heavy atom. The van der Waals surface area contributed by atoms with E-state index in [9.17, 15) is 20.0 Å². The molecule has 1 amide bonds. The first-order chi connectivity index (χ1) is 16.9. The van der Waals surface area contributed by atoms with Crippen LogP contribution in [0.4, 0.5) is 11.4 Å². The number of anilines is 1. The molecule has 9 heteroatoms. The fraction of sp³-hybridized carbons (Fsp3) is 0.115. The lowest BCUT2D eigenvalue weighted by atomic mass is 10.1. The fourth-order valence-corrected chi connectivity index (χ4v) is 3.55. The molecule has 4 aromatic rings. The predicted molar refractivity (Wildman–Crippen MR) is 130 cm³/mol. The van der Waals surface area contributed by atoms with Crippen molar-refractivity contribution < 1.29 is 28.4 Å². The summed E-state index contributed by atoms with van der Waals surface area (Å²) in [6.45, 7) is 1.55. The third-order valence-corrected chi connectivity index (χ3v) is 5.26. The molecule has 0 atom stereocenters.